The Morgan fingerprint density at radius 3 is 2.52 bits per heavy atom. The maximum absolute atomic E-state index is 12.9. The highest BCUT2D eigenvalue weighted by Crippen LogP contribution is 2.30. The normalized spacial score (nSPS) is 12.1. The maximum Gasteiger partial charge on any atom is 0.435 e. The monoisotopic (exact) mass is 298 g/mol. The topological polar surface area (TPSA) is 34.0 Å². The Morgan fingerprint density at radius 1 is 1.24 bits per heavy atom. The highest BCUT2D eigenvalue weighted by atomic mass is 19.4. The van der Waals surface area contributed by atoms with Gasteiger partial charge in [0.1, 0.15) is 0 Å². The zero-order valence-corrected chi connectivity index (χ0v) is 11.9. The van der Waals surface area contributed by atoms with E-state index in [1.807, 2.05) is 17.0 Å². The van der Waals surface area contributed by atoms with Crippen LogP contribution in [0.1, 0.15) is 16.8 Å². The Bertz CT molecular complexity index is 578. The first-order valence-electron chi connectivity index (χ1n) is 6.53. The zero-order valence-electron chi connectivity index (χ0n) is 11.9. The van der Waals surface area contributed by atoms with Crippen molar-refractivity contribution in [2.24, 2.45) is 7.05 Å². The second kappa shape index (κ2) is 6.26. The Morgan fingerprint density at radius 2 is 1.90 bits per heavy atom. The van der Waals surface area contributed by atoms with Crippen molar-refractivity contribution in [1.29, 1.82) is 0 Å². The Hall–Kier alpha value is -1.89. The molecule has 0 saturated heterocycles. The SMILES string of the molecule is CN(CCc1ccncc1)Cc1cn(C)nc1C(F)(F)F. The summed E-state index contributed by atoms with van der Waals surface area (Å²) in [7, 11) is 3.30. The van der Waals surface area contributed by atoms with Crippen LogP contribution in [0.25, 0.3) is 0 Å². The van der Waals surface area contributed by atoms with E-state index < -0.39 is 11.9 Å². The molecular formula is C14H17F3N4. The van der Waals surface area contributed by atoms with E-state index in [4.69, 9.17) is 0 Å². The van der Waals surface area contributed by atoms with Gasteiger partial charge >= 0.3 is 6.18 Å². The first-order valence-corrected chi connectivity index (χ1v) is 6.53. The number of hydrogen-bond donors (Lipinski definition) is 0. The number of rotatable bonds is 5. The van der Waals surface area contributed by atoms with Crippen LogP contribution >= 0.6 is 0 Å². The number of alkyl halides is 3. The number of pyridine rings is 1. The van der Waals surface area contributed by atoms with Crippen molar-refractivity contribution in [1.82, 2.24) is 19.7 Å². The average Bonchev–Trinajstić information content (AvgIpc) is 2.78. The van der Waals surface area contributed by atoms with Crippen LogP contribution < -0.4 is 0 Å². The maximum atomic E-state index is 12.9. The van der Waals surface area contributed by atoms with Crippen molar-refractivity contribution in [3.8, 4) is 0 Å². The van der Waals surface area contributed by atoms with Gasteiger partial charge in [-0.2, -0.15) is 18.3 Å². The molecule has 0 aromatic carbocycles. The van der Waals surface area contributed by atoms with Gasteiger partial charge in [0, 0.05) is 44.3 Å². The summed E-state index contributed by atoms with van der Waals surface area (Å²) in [6.07, 6.45) is 1.19. The number of aromatic nitrogens is 3. The minimum atomic E-state index is -4.41. The first kappa shape index (κ1) is 15.5. The molecule has 0 fully saturated rings. The fourth-order valence-corrected chi connectivity index (χ4v) is 2.13. The van der Waals surface area contributed by atoms with Crippen LogP contribution in [0, 0.1) is 0 Å². The third-order valence-electron chi connectivity index (χ3n) is 3.14. The molecule has 0 spiro atoms. The van der Waals surface area contributed by atoms with Gasteiger partial charge in [-0.15, -0.1) is 0 Å². The number of nitrogens with zero attached hydrogens (tertiary/aromatic N) is 4. The lowest BCUT2D eigenvalue weighted by molar-refractivity contribution is -0.142. The summed E-state index contributed by atoms with van der Waals surface area (Å²) in [5.41, 5.74) is 0.502. The fourth-order valence-electron chi connectivity index (χ4n) is 2.13. The van der Waals surface area contributed by atoms with Gasteiger partial charge in [0.25, 0.3) is 0 Å². The molecule has 2 heterocycles. The molecule has 2 aromatic rings. The minimum absolute atomic E-state index is 0.197. The van der Waals surface area contributed by atoms with Gasteiger partial charge in [-0.05, 0) is 31.2 Å². The second-order valence-corrected chi connectivity index (χ2v) is 5.02. The Labute approximate surface area is 121 Å². The summed E-state index contributed by atoms with van der Waals surface area (Å²) in [6, 6.07) is 3.80. The molecule has 21 heavy (non-hydrogen) atoms. The van der Waals surface area contributed by atoms with Crippen LogP contribution in [0.5, 0.6) is 0 Å². The molecule has 2 aromatic heterocycles. The molecule has 4 nitrogen and oxygen atoms in total. The van der Waals surface area contributed by atoms with Crippen LogP contribution in [-0.4, -0.2) is 33.3 Å². The van der Waals surface area contributed by atoms with Crippen molar-refractivity contribution in [3.05, 3.63) is 47.5 Å². The molecule has 0 aliphatic carbocycles. The highest BCUT2D eigenvalue weighted by molar-refractivity contribution is 5.20. The van der Waals surface area contributed by atoms with E-state index in [0.29, 0.717) is 6.54 Å². The van der Waals surface area contributed by atoms with Crippen LogP contribution in [0.15, 0.2) is 30.7 Å². The number of likely N-dealkylation sites (N-methyl/N-ethyl adjacent to an activating group) is 1. The molecule has 0 aliphatic rings. The third kappa shape index (κ3) is 4.29. The fraction of sp³-hybridized carbons (Fsp3) is 0.429. The van der Waals surface area contributed by atoms with E-state index in [9.17, 15) is 13.2 Å². The summed E-state index contributed by atoms with van der Waals surface area (Å²) in [5.74, 6) is 0. The number of halogens is 3. The van der Waals surface area contributed by atoms with E-state index in [0.717, 1.165) is 12.0 Å². The Kier molecular flexibility index (Phi) is 4.62. The lowest BCUT2D eigenvalue weighted by Gasteiger charge is -2.17. The summed E-state index contributed by atoms with van der Waals surface area (Å²) in [6.45, 7) is 0.879. The van der Waals surface area contributed by atoms with Crippen molar-refractivity contribution < 1.29 is 13.2 Å². The van der Waals surface area contributed by atoms with Gasteiger partial charge < -0.3 is 4.90 Å². The summed E-state index contributed by atoms with van der Waals surface area (Å²) >= 11 is 0. The second-order valence-electron chi connectivity index (χ2n) is 5.02. The molecule has 114 valence electrons. The molecule has 0 unspecified atom stereocenters. The minimum Gasteiger partial charge on any atom is -0.302 e. The molecule has 7 heteroatoms. The lowest BCUT2D eigenvalue weighted by Crippen LogP contribution is -2.22. The summed E-state index contributed by atoms with van der Waals surface area (Å²) in [4.78, 5) is 5.79. The molecule has 0 bridgehead atoms. The van der Waals surface area contributed by atoms with E-state index in [1.54, 1.807) is 19.4 Å². The number of aryl methyl sites for hydroxylation is 1. The Balaban J connectivity index is 1.98. The highest BCUT2D eigenvalue weighted by Gasteiger charge is 2.36. The molecule has 0 saturated carbocycles. The molecule has 0 N–H and O–H groups in total. The predicted octanol–water partition coefficient (Wildman–Crippen LogP) is 2.51. The molecule has 0 radical (unpaired) electrons. The molecule has 2 rings (SSSR count). The first-order chi connectivity index (χ1) is 9.86. The number of hydrogen-bond acceptors (Lipinski definition) is 3. The zero-order chi connectivity index (χ0) is 15.5. The van der Waals surface area contributed by atoms with Crippen molar-refractivity contribution in [2.75, 3.05) is 13.6 Å². The van der Waals surface area contributed by atoms with Crippen molar-refractivity contribution in [2.45, 2.75) is 19.1 Å². The largest absolute Gasteiger partial charge is 0.435 e. The average molecular weight is 298 g/mol. The smallest absolute Gasteiger partial charge is 0.302 e. The van der Waals surface area contributed by atoms with Crippen molar-refractivity contribution >= 4 is 0 Å². The van der Waals surface area contributed by atoms with Gasteiger partial charge in [-0.1, -0.05) is 0 Å². The van der Waals surface area contributed by atoms with E-state index >= 15 is 0 Å². The van der Waals surface area contributed by atoms with Crippen LogP contribution in [0.2, 0.25) is 0 Å². The third-order valence-corrected chi connectivity index (χ3v) is 3.14. The van der Waals surface area contributed by atoms with E-state index in [2.05, 4.69) is 10.1 Å². The van der Waals surface area contributed by atoms with Gasteiger partial charge in [-0.25, -0.2) is 0 Å². The summed E-state index contributed by atoms with van der Waals surface area (Å²) < 4.78 is 39.8. The van der Waals surface area contributed by atoms with E-state index in [1.165, 1.54) is 17.9 Å². The van der Waals surface area contributed by atoms with Crippen molar-refractivity contribution in [3.63, 3.8) is 0 Å². The van der Waals surface area contributed by atoms with Gasteiger partial charge in [-0.3, -0.25) is 9.67 Å². The lowest BCUT2D eigenvalue weighted by atomic mass is 10.2. The molecule has 0 atom stereocenters. The quantitative estimate of drug-likeness (QED) is 0.850. The van der Waals surface area contributed by atoms with Gasteiger partial charge in [0.2, 0.25) is 0 Å². The standard InChI is InChI=1S/C14H17F3N4/c1-20(8-5-11-3-6-18-7-4-11)9-12-10-21(2)19-13(12)14(15,16)17/h3-4,6-7,10H,5,8-9H2,1-2H3. The molecular weight excluding hydrogens is 281 g/mol. The molecule has 0 amide bonds. The van der Waals surface area contributed by atoms with Gasteiger partial charge in [0.05, 0.1) is 0 Å². The predicted molar refractivity (Wildman–Crippen MR) is 72.5 cm³/mol. The van der Waals surface area contributed by atoms with Crippen LogP contribution in [-0.2, 0) is 26.2 Å². The van der Waals surface area contributed by atoms with E-state index in [-0.39, 0.29) is 12.1 Å². The van der Waals surface area contributed by atoms with Crippen LogP contribution in [0.4, 0.5) is 13.2 Å². The summed E-state index contributed by atoms with van der Waals surface area (Å²) in [5, 5.41) is 3.51. The van der Waals surface area contributed by atoms with Crippen LogP contribution in [0.3, 0.4) is 0 Å². The van der Waals surface area contributed by atoms with Gasteiger partial charge in [0.15, 0.2) is 5.69 Å². The molecule has 0 aliphatic heterocycles.